The van der Waals surface area contributed by atoms with Crippen molar-refractivity contribution in [2.45, 2.75) is 19.0 Å². The number of ketones is 1. The Labute approximate surface area is 156 Å². The Morgan fingerprint density at radius 3 is 2.30 bits per heavy atom. The Morgan fingerprint density at radius 2 is 1.56 bits per heavy atom. The third kappa shape index (κ3) is 2.08. The van der Waals surface area contributed by atoms with Crippen LogP contribution < -0.4 is 4.90 Å². The predicted molar refractivity (Wildman–Crippen MR) is 100 cm³/mol. The van der Waals surface area contributed by atoms with Crippen LogP contribution in [0.1, 0.15) is 24.1 Å². The van der Waals surface area contributed by atoms with Crippen LogP contribution in [0.3, 0.4) is 0 Å². The molecule has 2 aromatic rings. The maximum Gasteiger partial charge on any atom is 0.240 e. The Kier molecular flexibility index (Phi) is 3.34. The van der Waals surface area contributed by atoms with Gasteiger partial charge in [-0.25, -0.2) is 4.90 Å². The fourth-order valence-corrected chi connectivity index (χ4v) is 4.85. The predicted octanol–water partition coefficient (Wildman–Crippen LogP) is 2.79. The monoisotopic (exact) mass is 358 g/mol. The Morgan fingerprint density at radius 1 is 0.889 bits per heavy atom. The number of Topliss-reactive ketones (excluding diaryl/α,β-unsaturated/α-hetero) is 1. The lowest BCUT2D eigenvalue weighted by atomic mass is 9.84. The number of hydrogen-bond acceptors (Lipinski definition) is 4. The number of carbonyl (C=O) groups excluding carboxylic acids is 3. The first-order valence-corrected chi connectivity index (χ1v) is 9.07. The second-order valence-corrected chi connectivity index (χ2v) is 7.29. The molecule has 3 heterocycles. The molecule has 4 atom stereocenters. The van der Waals surface area contributed by atoms with E-state index >= 15 is 0 Å². The van der Waals surface area contributed by atoms with E-state index in [-0.39, 0.29) is 23.6 Å². The van der Waals surface area contributed by atoms with E-state index in [1.54, 1.807) is 24.3 Å². The van der Waals surface area contributed by atoms with Crippen LogP contribution in [0.2, 0.25) is 0 Å². The summed E-state index contributed by atoms with van der Waals surface area (Å²) in [4.78, 5) is 42.3. The van der Waals surface area contributed by atoms with E-state index in [0.29, 0.717) is 5.69 Å². The molecule has 3 aliphatic heterocycles. The van der Waals surface area contributed by atoms with Gasteiger partial charge in [0.2, 0.25) is 11.8 Å². The molecule has 3 aliphatic rings. The zero-order chi connectivity index (χ0) is 18.7. The molecule has 134 valence electrons. The van der Waals surface area contributed by atoms with Crippen molar-refractivity contribution in [3.8, 4) is 0 Å². The minimum absolute atomic E-state index is 0.0902. The van der Waals surface area contributed by atoms with E-state index in [4.69, 9.17) is 0 Å². The largest absolute Gasteiger partial charge is 0.359 e. The molecule has 2 aromatic carbocycles. The summed E-state index contributed by atoms with van der Waals surface area (Å²) in [5.41, 5.74) is 2.59. The summed E-state index contributed by atoms with van der Waals surface area (Å²) in [7, 11) is 0. The van der Waals surface area contributed by atoms with Gasteiger partial charge in [-0.3, -0.25) is 14.4 Å². The van der Waals surface area contributed by atoms with Crippen LogP contribution >= 0.6 is 0 Å². The van der Waals surface area contributed by atoms with Crippen LogP contribution in [-0.4, -0.2) is 28.5 Å². The summed E-state index contributed by atoms with van der Waals surface area (Å²) in [5.74, 6) is -1.81. The quantitative estimate of drug-likeness (QED) is 0.775. The van der Waals surface area contributed by atoms with Crippen LogP contribution in [0.5, 0.6) is 0 Å². The van der Waals surface area contributed by atoms with Gasteiger partial charge in [-0.15, -0.1) is 0 Å². The molecule has 0 spiro atoms. The summed E-state index contributed by atoms with van der Waals surface area (Å²) in [6.07, 6.45) is 3.82. The second-order valence-electron chi connectivity index (χ2n) is 7.29. The summed E-state index contributed by atoms with van der Waals surface area (Å²) in [5, 5.41) is 0. The minimum atomic E-state index is -0.656. The van der Waals surface area contributed by atoms with Gasteiger partial charge in [0.25, 0.3) is 0 Å². The first-order valence-electron chi connectivity index (χ1n) is 9.07. The zero-order valence-corrected chi connectivity index (χ0v) is 14.8. The summed E-state index contributed by atoms with van der Waals surface area (Å²) >= 11 is 0. The van der Waals surface area contributed by atoms with Gasteiger partial charge in [-0.05, 0) is 36.3 Å². The van der Waals surface area contributed by atoms with Gasteiger partial charge in [0.1, 0.15) is 0 Å². The number of para-hydroxylation sites is 1. The first-order chi connectivity index (χ1) is 13.1. The number of rotatable bonds is 2. The Balaban J connectivity index is 1.67. The lowest BCUT2D eigenvalue weighted by Crippen LogP contribution is -2.43. The highest BCUT2D eigenvalue weighted by Crippen LogP contribution is 2.53. The molecular formula is C22H18N2O3. The van der Waals surface area contributed by atoms with Crippen molar-refractivity contribution in [3.05, 3.63) is 71.9 Å². The fourth-order valence-electron chi connectivity index (χ4n) is 4.85. The van der Waals surface area contributed by atoms with E-state index < -0.39 is 17.9 Å². The molecule has 0 N–H and O–H groups in total. The number of benzene rings is 2. The average Bonchev–Trinajstić information content (AvgIpc) is 3.16. The molecular weight excluding hydrogens is 340 g/mol. The summed E-state index contributed by atoms with van der Waals surface area (Å²) < 4.78 is 0. The van der Waals surface area contributed by atoms with Crippen LogP contribution in [0.25, 0.3) is 6.08 Å². The third-order valence-electron chi connectivity index (χ3n) is 5.89. The van der Waals surface area contributed by atoms with Gasteiger partial charge < -0.3 is 4.90 Å². The van der Waals surface area contributed by atoms with Crippen LogP contribution in [0, 0.1) is 11.8 Å². The number of anilines is 1. The zero-order valence-electron chi connectivity index (χ0n) is 14.8. The molecule has 5 heteroatoms. The summed E-state index contributed by atoms with van der Waals surface area (Å²) in [6.45, 7) is 1.50. The molecule has 2 amide bonds. The maximum absolute atomic E-state index is 13.4. The minimum Gasteiger partial charge on any atom is -0.359 e. The highest BCUT2D eigenvalue weighted by atomic mass is 16.2. The van der Waals surface area contributed by atoms with Gasteiger partial charge >= 0.3 is 0 Å². The number of nitrogens with zero attached hydrogens (tertiary/aromatic N) is 2. The lowest BCUT2D eigenvalue weighted by Gasteiger charge is -2.34. The summed E-state index contributed by atoms with van der Waals surface area (Å²) in [6, 6.07) is 15.9. The molecule has 0 radical (unpaired) electrons. The van der Waals surface area contributed by atoms with E-state index in [0.717, 1.165) is 11.1 Å². The molecule has 0 saturated carbocycles. The number of amides is 2. The number of carbonyl (C=O) groups is 3. The van der Waals surface area contributed by atoms with Gasteiger partial charge in [0, 0.05) is 6.20 Å². The highest BCUT2D eigenvalue weighted by Gasteiger charge is 2.63. The van der Waals surface area contributed by atoms with Crippen LogP contribution in [-0.2, 0) is 14.4 Å². The molecule has 0 aliphatic carbocycles. The molecule has 0 bridgehead atoms. The van der Waals surface area contributed by atoms with Gasteiger partial charge in [-0.2, -0.15) is 0 Å². The van der Waals surface area contributed by atoms with Crippen LogP contribution in [0.15, 0.2) is 60.8 Å². The van der Waals surface area contributed by atoms with Crippen molar-refractivity contribution >= 4 is 29.4 Å². The number of fused-ring (bicyclic) bond motifs is 5. The van der Waals surface area contributed by atoms with E-state index in [1.165, 1.54) is 11.8 Å². The van der Waals surface area contributed by atoms with E-state index in [1.807, 2.05) is 47.5 Å². The van der Waals surface area contributed by atoms with E-state index in [9.17, 15) is 14.4 Å². The normalized spacial score (nSPS) is 28.2. The maximum atomic E-state index is 13.4. The van der Waals surface area contributed by atoms with Crippen molar-refractivity contribution in [1.29, 1.82) is 0 Å². The molecule has 5 nitrogen and oxygen atoms in total. The van der Waals surface area contributed by atoms with Crippen molar-refractivity contribution in [3.63, 3.8) is 0 Å². The second kappa shape index (κ2) is 5.64. The average molecular weight is 358 g/mol. The van der Waals surface area contributed by atoms with E-state index in [2.05, 4.69) is 0 Å². The van der Waals surface area contributed by atoms with Crippen molar-refractivity contribution in [2.75, 3.05) is 4.90 Å². The molecule has 2 fully saturated rings. The highest BCUT2D eigenvalue weighted by molar-refractivity contribution is 6.24. The number of hydrogen-bond donors (Lipinski definition) is 0. The molecule has 2 saturated heterocycles. The molecule has 0 unspecified atom stereocenters. The Bertz CT molecular complexity index is 998. The van der Waals surface area contributed by atoms with Crippen molar-refractivity contribution in [2.24, 2.45) is 11.8 Å². The standard InChI is InChI=1S/C22H18N2O3/c1-13(25)19-17-18(20-16-10-6-5-7-14(16)11-12-23(19)20)22(27)24(21(17)26)15-8-3-2-4-9-15/h2-12,17-20H,1H3/t17-,18+,19-,20-/m1/s1. The molecule has 27 heavy (non-hydrogen) atoms. The molecule has 5 rings (SSSR count). The first kappa shape index (κ1) is 16.0. The van der Waals surface area contributed by atoms with Crippen LogP contribution in [0.4, 0.5) is 5.69 Å². The Hall–Kier alpha value is -3.21. The van der Waals surface area contributed by atoms with Crippen molar-refractivity contribution < 1.29 is 14.4 Å². The fraction of sp³-hybridized carbons (Fsp3) is 0.227. The van der Waals surface area contributed by atoms with Crippen molar-refractivity contribution in [1.82, 2.24) is 4.90 Å². The van der Waals surface area contributed by atoms with Gasteiger partial charge in [-0.1, -0.05) is 42.5 Å². The number of imide groups is 1. The third-order valence-corrected chi connectivity index (χ3v) is 5.89. The van der Waals surface area contributed by atoms with Gasteiger partial charge in [0.15, 0.2) is 5.78 Å². The lowest BCUT2D eigenvalue weighted by molar-refractivity contribution is -0.129. The SMILES string of the molecule is CC(=O)[C@@H]1[C@@H]2C(=O)N(c3ccccc3)C(=O)[C@@H]2[C@H]2c3ccccc3C=CN12. The smallest absolute Gasteiger partial charge is 0.240 e. The van der Waals surface area contributed by atoms with Gasteiger partial charge in [0.05, 0.1) is 29.6 Å². The topological polar surface area (TPSA) is 57.7 Å². The molecule has 0 aromatic heterocycles.